The van der Waals surface area contributed by atoms with E-state index in [0.29, 0.717) is 21.0 Å². The number of nitrogens with zero attached hydrogens (tertiary/aromatic N) is 1. The van der Waals surface area contributed by atoms with Gasteiger partial charge < -0.3 is 15.2 Å². The predicted molar refractivity (Wildman–Crippen MR) is 99.6 cm³/mol. The van der Waals surface area contributed by atoms with Crippen molar-refractivity contribution in [1.29, 1.82) is 0 Å². The summed E-state index contributed by atoms with van der Waals surface area (Å²) in [6, 6.07) is 8.93. The second-order valence-corrected chi connectivity index (χ2v) is 6.66. The minimum Gasteiger partial charge on any atom is -0.465 e. The number of amides is 1. The molecule has 27 heavy (non-hydrogen) atoms. The van der Waals surface area contributed by atoms with E-state index in [1.54, 1.807) is 38.1 Å². The summed E-state index contributed by atoms with van der Waals surface area (Å²) < 4.78 is 10.4. The average Bonchev–Trinajstić information content (AvgIpc) is 2.98. The number of hydrogen-bond acceptors (Lipinski definition) is 7. The highest BCUT2D eigenvalue weighted by atomic mass is 32.1. The molecule has 0 saturated heterocycles. The van der Waals surface area contributed by atoms with Crippen molar-refractivity contribution < 1.29 is 23.9 Å². The molecule has 0 saturated carbocycles. The van der Waals surface area contributed by atoms with Crippen LogP contribution in [0.2, 0.25) is 0 Å². The summed E-state index contributed by atoms with van der Waals surface area (Å²) in [7, 11) is 0. The Labute approximate surface area is 159 Å². The standard InChI is InChI=1S/C19H18N2O5S/c1-3-25-18(23)13-11(10-8-6-5-7-9-10)12-14(20)15(19(24)26-4-2)27-17(12)21-16(13)22/h5-9,13H,3-4,20H2,1-2H3. The van der Waals surface area contributed by atoms with Crippen molar-refractivity contribution in [1.82, 2.24) is 0 Å². The summed E-state index contributed by atoms with van der Waals surface area (Å²) in [4.78, 5) is 41.5. The van der Waals surface area contributed by atoms with E-state index in [2.05, 4.69) is 4.99 Å². The van der Waals surface area contributed by atoms with Gasteiger partial charge in [-0.2, -0.15) is 0 Å². The van der Waals surface area contributed by atoms with Crippen molar-refractivity contribution >= 4 is 40.4 Å². The van der Waals surface area contributed by atoms with Crippen LogP contribution in [0.25, 0.3) is 5.57 Å². The summed E-state index contributed by atoms with van der Waals surface area (Å²) in [5.74, 6) is -3.15. The number of carbonyl (C=O) groups is 3. The van der Waals surface area contributed by atoms with Crippen LogP contribution in [-0.4, -0.2) is 31.1 Å². The Balaban J connectivity index is 2.35. The predicted octanol–water partition coefficient (Wildman–Crippen LogP) is 1.05. The molecule has 2 N–H and O–H groups in total. The number of esters is 2. The summed E-state index contributed by atoms with van der Waals surface area (Å²) in [5.41, 5.74) is 7.42. The van der Waals surface area contributed by atoms with Gasteiger partial charge in [-0.1, -0.05) is 30.3 Å². The number of hydrogen-bond donors (Lipinski definition) is 1. The van der Waals surface area contributed by atoms with Crippen LogP contribution in [0, 0.1) is 5.92 Å². The lowest BCUT2D eigenvalue weighted by atomic mass is 9.88. The fraction of sp³-hybridized carbons (Fsp3) is 0.263. The molecule has 0 bridgehead atoms. The zero-order valence-corrected chi connectivity index (χ0v) is 15.7. The quantitative estimate of drug-likeness (QED) is 0.608. The maximum atomic E-state index is 12.6. The maximum Gasteiger partial charge on any atom is 0.350 e. The molecule has 2 aromatic rings. The second kappa shape index (κ2) is 7.71. The molecule has 1 amide bonds. The third kappa shape index (κ3) is 3.35. The summed E-state index contributed by atoms with van der Waals surface area (Å²) in [6.45, 7) is 3.67. The van der Waals surface area contributed by atoms with Gasteiger partial charge in [-0.05, 0) is 25.0 Å². The minimum absolute atomic E-state index is 0.130. The lowest BCUT2D eigenvalue weighted by Gasteiger charge is -2.19. The van der Waals surface area contributed by atoms with Gasteiger partial charge in [-0.3, -0.25) is 9.59 Å². The molecule has 0 spiro atoms. The number of fused-ring (bicyclic) bond motifs is 1. The molecule has 2 heterocycles. The second-order valence-electron chi connectivity index (χ2n) is 5.66. The van der Waals surface area contributed by atoms with Gasteiger partial charge >= 0.3 is 11.9 Å². The molecule has 0 fully saturated rings. The maximum absolute atomic E-state index is 12.6. The van der Waals surface area contributed by atoms with Gasteiger partial charge in [0.05, 0.1) is 18.9 Å². The third-order valence-corrected chi connectivity index (χ3v) is 5.09. The number of nitrogens with two attached hydrogens (primary N) is 1. The third-order valence-electron chi connectivity index (χ3n) is 4.01. The number of nitrogen functional groups attached to an aromatic ring is 1. The van der Waals surface area contributed by atoms with Crippen LogP contribution in [0.5, 0.6) is 0 Å². The van der Waals surface area contributed by atoms with Gasteiger partial charge in [0.2, 0.25) is 0 Å². The summed E-state index contributed by atoms with van der Waals surface area (Å²) in [6.07, 6.45) is 0. The first-order valence-corrected chi connectivity index (χ1v) is 9.25. The number of benzene rings is 1. The molecule has 1 aromatic heterocycles. The van der Waals surface area contributed by atoms with E-state index >= 15 is 0 Å². The molecule has 0 radical (unpaired) electrons. The van der Waals surface area contributed by atoms with Crippen LogP contribution in [0.4, 0.5) is 5.69 Å². The van der Waals surface area contributed by atoms with Crippen molar-refractivity contribution in [2.24, 2.45) is 10.9 Å². The molecule has 1 atom stereocenters. The fourth-order valence-electron chi connectivity index (χ4n) is 2.92. The Kier molecular flexibility index (Phi) is 5.36. The lowest BCUT2D eigenvalue weighted by molar-refractivity contribution is -0.148. The number of carbonyl (C=O) groups excluding carboxylic acids is 3. The Bertz CT molecular complexity index is 1030. The van der Waals surface area contributed by atoms with Crippen LogP contribution in [-0.2, 0) is 19.1 Å². The molecule has 1 aliphatic heterocycles. The normalized spacial score (nSPS) is 15.7. The van der Waals surface area contributed by atoms with Crippen molar-refractivity contribution in [2.45, 2.75) is 13.8 Å². The molecule has 7 nitrogen and oxygen atoms in total. The Morgan fingerprint density at radius 1 is 1.15 bits per heavy atom. The monoisotopic (exact) mass is 386 g/mol. The Morgan fingerprint density at radius 2 is 1.81 bits per heavy atom. The van der Waals surface area contributed by atoms with Gasteiger partial charge in [0.15, 0.2) is 5.92 Å². The van der Waals surface area contributed by atoms with Crippen LogP contribution in [0.15, 0.2) is 35.3 Å². The number of anilines is 1. The van der Waals surface area contributed by atoms with E-state index in [9.17, 15) is 14.4 Å². The SMILES string of the molecule is CCOC(=O)c1sc2c(c1N)=C(c1ccccc1)C(C(=O)OCC)C(=O)N=2. The lowest BCUT2D eigenvalue weighted by Crippen LogP contribution is -2.40. The number of thiophene rings is 1. The van der Waals surface area contributed by atoms with E-state index in [1.165, 1.54) is 0 Å². The largest absolute Gasteiger partial charge is 0.465 e. The Hall–Kier alpha value is -3.00. The van der Waals surface area contributed by atoms with Gasteiger partial charge in [0, 0.05) is 5.22 Å². The molecule has 1 aliphatic rings. The number of ether oxygens (including phenoxy) is 2. The summed E-state index contributed by atoms with van der Waals surface area (Å²) in [5, 5.41) is 0.409. The molecule has 3 rings (SSSR count). The van der Waals surface area contributed by atoms with Crippen molar-refractivity contribution in [3.8, 4) is 0 Å². The van der Waals surface area contributed by atoms with Gasteiger partial charge in [-0.25, -0.2) is 9.79 Å². The van der Waals surface area contributed by atoms with Crippen molar-refractivity contribution in [3.05, 3.63) is 50.7 Å². The first-order chi connectivity index (χ1) is 13.0. The molecule has 0 aliphatic carbocycles. The number of rotatable bonds is 5. The van der Waals surface area contributed by atoms with Crippen molar-refractivity contribution in [3.63, 3.8) is 0 Å². The smallest absolute Gasteiger partial charge is 0.350 e. The van der Waals surface area contributed by atoms with Crippen LogP contribution >= 0.6 is 11.3 Å². The summed E-state index contributed by atoms with van der Waals surface area (Å²) >= 11 is 0.979. The van der Waals surface area contributed by atoms with Crippen molar-refractivity contribution in [2.75, 3.05) is 18.9 Å². The highest BCUT2D eigenvalue weighted by Crippen LogP contribution is 2.27. The first kappa shape index (κ1) is 18.8. The highest BCUT2D eigenvalue weighted by molar-refractivity contribution is 7.12. The van der Waals surface area contributed by atoms with Crippen LogP contribution in [0.1, 0.15) is 29.1 Å². The molecular formula is C19H18N2O5S. The Morgan fingerprint density at radius 3 is 2.44 bits per heavy atom. The first-order valence-electron chi connectivity index (χ1n) is 8.43. The topological polar surface area (TPSA) is 108 Å². The van der Waals surface area contributed by atoms with E-state index in [1.807, 2.05) is 6.07 Å². The molecule has 140 valence electrons. The van der Waals surface area contributed by atoms with E-state index < -0.39 is 23.8 Å². The highest BCUT2D eigenvalue weighted by Gasteiger charge is 2.37. The zero-order valence-electron chi connectivity index (χ0n) is 14.9. The molecule has 1 aromatic carbocycles. The van der Waals surface area contributed by atoms with Crippen LogP contribution < -0.4 is 15.6 Å². The van der Waals surface area contributed by atoms with E-state index in [4.69, 9.17) is 15.2 Å². The molecule has 1 unspecified atom stereocenters. The van der Waals surface area contributed by atoms with Gasteiger partial charge in [0.25, 0.3) is 5.91 Å². The van der Waals surface area contributed by atoms with Gasteiger partial charge in [-0.15, -0.1) is 11.3 Å². The van der Waals surface area contributed by atoms with Crippen LogP contribution in [0.3, 0.4) is 0 Å². The fourth-order valence-corrected chi connectivity index (χ4v) is 3.93. The molecule has 8 heteroatoms. The zero-order chi connectivity index (χ0) is 19.6. The van der Waals surface area contributed by atoms with E-state index in [-0.39, 0.29) is 23.8 Å². The minimum atomic E-state index is -1.23. The molecular weight excluding hydrogens is 368 g/mol. The van der Waals surface area contributed by atoms with Gasteiger partial charge in [0.1, 0.15) is 9.55 Å². The van der Waals surface area contributed by atoms with E-state index in [0.717, 1.165) is 11.3 Å². The average molecular weight is 386 g/mol.